The summed E-state index contributed by atoms with van der Waals surface area (Å²) in [5.41, 5.74) is 6.85. The molecule has 0 aliphatic heterocycles. The van der Waals surface area contributed by atoms with Gasteiger partial charge < -0.3 is 11.1 Å². The second-order valence-corrected chi connectivity index (χ2v) is 4.32. The maximum absolute atomic E-state index is 6.00. The lowest BCUT2D eigenvalue weighted by Gasteiger charge is -2.09. The van der Waals surface area contributed by atoms with E-state index in [9.17, 15) is 0 Å². The zero-order chi connectivity index (χ0) is 11.0. The minimum atomic E-state index is 0.228. The zero-order valence-corrected chi connectivity index (χ0v) is 9.00. The molecule has 5 nitrogen and oxygen atoms in total. The minimum Gasteiger partial charge on any atom is -0.351 e. The van der Waals surface area contributed by atoms with E-state index in [2.05, 4.69) is 15.4 Å². The summed E-state index contributed by atoms with van der Waals surface area (Å²) >= 11 is 0. The van der Waals surface area contributed by atoms with E-state index in [-0.39, 0.29) is 6.04 Å². The van der Waals surface area contributed by atoms with Crippen molar-refractivity contribution < 1.29 is 0 Å². The van der Waals surface area contributed by atoms with E-state index in [1.165, 1.54) is 12.8 Å². The van der Waals surface area contributed by atoms with Crippen LogP contribution in [-0.4, -0.2) is 27.2 Å². The maximum Gasteiger partial charge on any atom is 0.243 e. The molecule has 0 aromatic carbocycles. The van der Waals surface area contributed by atoms with Gasteiger partial charge in [0, 0.05) is 18.8 Å². The number of rotatable bonds is 4. The first-order valence-electron chi connectivity index (χ1n) is 5.64. The van der Waals surface area contributed by atoms with Crippen LogP contribution in [0.3, 0.4) is 0 Å². The van der Waals surface area contributed by atoms with E-state index in [4.69, 9.17) is 5.73 Å². The van der Waals surface area contributed by atoms with Gasteiger partial charge in [0.25, 0.3) is 0 Å². The Hall–Kier alpha value is -1.62. The summed E-state index contributed by atoms with van der Waals surface area (Å²) in [5.74, 6) is 1.35. The molecule has 2 aromatic rings. The molecule has 1 aliphatic rings. The highest BCUT2D eigenvalue weighted by Crippen LogP contribution is 2.31. The highest BCUT2D eigenvalue weighted by atomic mass is 15.3. The summed E-state index contributed by atoms with van der Waals surface area (Å²) in [7, 11) is 0. The number of nitrogens with two attached hydrogens (primary N) is 1. The molecule has 1 unspecified atom stereocenters. The molecule has 16 heavy (non-hydrogen) atoms. The van der Waals surface area contributed by atoms with E-state index in [1.807, 2.05) is 24.4 Å². The van der Waals surface area contributed by atoms with Crippen LogP contribution < -0.4 is 11.1 Å². The Kier molecular flexibility index (Phi) is 2.25. The van der Waals surface area contributed by atoms with Crippen molar-refractivity contribution in [3.63, 3.8) is 0 Å². The third kappa shape index (κ3) is 1.86. The highest BCUT2D eigenvalue weighted by Gasteiger charge is 2.28. The van der Waals surface area contributed by atoms with Gasteiger partial charge in [0.1, 0.15) is 0 Å². The van der Waals surface area contributed by atoms with Crippen LogP contribution in [0, 0.1) is 5.92 Å². The van der Waals surface area contributed by atoms with Gasteiger partial charge in [-0.2, -0.15) is 4.98 Å². The first-order valence-corrected chi connectivity index (χ1v) is 5.64. The maximum atomic E-state index is 6.00. The van der Waals surface area contributed by atoms with Gasteiger partial charge in [-0.25, -0.2) is 4.52 Å². The fourth-order valence-corrected chi connectivity index (χ4v) is 1.81. The van der Waals surface area contributed by atoms with Crippen LogP contribution in [0.5, 0.6) is 0 Å². The van der Waals surface area contributed by atoms with Crippen molar-refractivity contribution in [2.24, 2.45) is 11.7 Å². The van der Waals surface area contributed by atoms with Crippen LogP contribution in [0.4, 0.5) is 5.95 Å². The lowest BCUT2D eigenvalue weighted by atomic mass is 10.2. The lowest BCUT2D eigenvalue weighted by molar-refractivity contribution is 0.618. The highest BCUT2D eigenvalue weighted by molar-refractivity contribution is 5.42. The Morgan fingerprint density at radius 2 is 2.38 bits per heavy atom. The molecule has 0 amide bonds. The van der Waals surface area contributed by atoms with Crippen LogP contribution in [0.1, 0.15) is 12.8 Å². The molecule has 5 heteroatoms. The van der Waals surface area contributed by atoms with Crippen molar-refractivity contribution in [2.45, 2.75) is 18.9 Å². The summed E-state index contributed by atoms with van der Waals surface area (Å²) in [6.45, 7) is 0.752. The predicted molar refractivity (Wildman–Crippen MR) is 62.2 cm³/mol. The average Bonchev–Trinajstić information content (AvgIpc) is 3.06. The summed E-state index contributed by atoms with van der Waals surface area (Å²) < 4.78 is 1.75. The quantitative estimate of drug-likeness (QED) is 0.797. The third-order valence-electron chi connectivity index (χ3n) is 2.96. The molecule has 0 spiro atoms. The van der Waals surface area contributed by atoms with Crippen molar-refractivity contribution in [2.75, 3.05) is 11.9 Å². The molecule has 84 valence electrons. The van der Waals surface area contributed by atoms with Crippen molar-refractivity contribution in [1.82, 2.24) is 14.6 Å². The van der Waals surface area contributed by atoms with Crippen molar-refractivity contribution in [3.05, 3.63) is 24.4 Å². The first-order chi connectivity index (χ1) is 7.83. The van der Waals surface area contributed by atoms with Crippen LogP contribution >= 0.6 is 0 Å². The summed E-state index contributed by atoms with van der Waals surface area (Å²) in [4.78, 5) is 4.35. The standard InChI is InChI=1S/C11H15N5/c12-9(8-4-5-8)7-13-11-14-10-3-1-2-6-16(10)15-11/h1-3,6,8-9H,4-5,7,12H2,(H,13,15). The molecule has 0 saturated heterocycles. The van der Waals surface area contributed by atoms with Gasteiger partial charge in [-0.05, 0) is 30.9 Å². The largest absolute Gasteiger partial charge is 0.351 e. The zero-order valence-electron chi connectivity index (χ0n) is 9.00. The monoisotopic (exact) mass is 217 g/mol. The first kappa shape index (κ1) is 9.59. The molecule has 2 aromatic heterocycles. The van der Waals surface area contributed by atoms with E-state index >= 15 is 0 Å². The van der Waals surface area contributed by atoms with Gasteiger partial charge in [-0.15, -0.1) is 5.10 Å². The summed E-state index contributed by atoms with van der Waals surface area (Å²) in [5, 5.41) is 7.49. The second kappa shape index (κ2) is 3.75. The SMILES string of the molecule is NC(CNc1nc2ccccn2n1)C1CC1. The number of nitrogens with zero attached hydrogens (tertiary/aromatic N) is 3. The number of fused-ring (bicyclic) bond motifs is 1. The van der Waals surface area contributed by atoms with Crippen molar-refractivity contribution >= 4 is 11.6 Å². The van der Waals surface area contributed by atoms with Gasteiger partial charge in [-0.1, -0.05) is 6.07 Å². The van der Waals surface area contributed by atoms with E-state index < -0.39 is 0 Å². The molecule has 1 saturated carbocycles. The Bertz CT molecular complexity index is 455. The molecule has 1 aliphatic carbocycles. The molecule has 2 heterocycles. The third-order valence-corrected chi connectivity index (χ3v) is 2.96. The molecular formula is C11H15N5. The number of anilines is 1. The second-order valence-electron chi connectivity index (χ2n) is 4.32. The van der Waals surface area contributed by atoms with Gasteiger partial charge >= 0.3 is 0 Å². The van der Waals surface area contributed by atoms with Crippen molar-refractivity contribution in [3.8, 4) is 0 Å². The lowest BCUT2D eigenvalue weighted by Crippen LogP contribution is -2.31. The Morgan fingerprint density at radius 3 is 3.12 bits per heavy atom. The van der Waals surface area contributed by atoms with Gasteiger partial charge in [0.15, 0.2) is 5.65 Å². The Morgan fingerprint density at radius 1 is 1.50 bits per heavy atom. The van der Waals surface area contributed by atoms with Gasteiger partial charge in [0.05, 0.1) is 0 Å². The molecular weight excluding hydrogens is 202 g/mol. The summed E-state index contributed by atoms with van der Waals surface area (Å²) in [6.07, 6.45) is 4.41. The van der Waals surface area contributed by atoms with E-state index in [0.29, 0.717) is 11.9 Å². The van der Waals surface area contributed by atoms with Gasteiger partial charge in [0.2, 0.25) is 5.95 Å². The average molecular weight is 217 g/mol. The van der Waals surface area contributed by atoms with E-state index in [1.54, 1.807) is 4.52 Å². The molecule has 1 atom stereocenters. The minimum absolute atomic E-state index is 0.228. The number of hydrogen-bond acceptors (Lipinski definition) is 4. The number of pyridine rings is 1. The van der Waals surface area contributed by atoms with Crippen LogP contribution in [0.25, 0.3) is 5.65 Å². The predicted octanol–water partition coefficient (Wildman–Crippen LogP) is 0.878. The van der Waals surface area contributed by atoms with Crippen LogP contribution in [-0.2, 0) is 0 Å². The fraction of sp³-hybridized carbons (Fsp3) is 0.455. The number of aromatic nitrogens is 3. The Balaban J connectivity index is 1.69. The van der Waals surface area contributed by atoms with Gasteiger partial charge in [-0.3, -0.25) is 0 Å². The summed E-state index contributed by atoms with van der Waals surface area (Å²) in [6, 6.07) is 6.04. The molecule has 0 radical (unpaired) electrons. The molecule has 3 rings (SSSR count). The molecule has 1 fully saturated rings. The number of hydrogen-bond donors (Lipinski definition) is 2. The van der Waals surface area contributed by atoms with Crippen molar-refractivity contribution in [1.29, 1.82) is 0 Å². The topological polar surface area (TPSA) is 68.2 Å². The normalized spacial score (nSPS) is 17.6. The van der Waals surface area contributed by atoms with E-state index in [0.717, 1.165) is 12.2 Å². The fourth-order valence-electron chi connectivity index (χ4n) is 1.81. The molecule has 3 N–H and O–H groups in total. The Labute approximate surface area is 93.7 Å². The smallest absolute Gasteiger partial charge is 0.243 e. The van der Waals surface area contributed by atoms with Crippen LogP contribution in [0.15, 0.2) is 24.4 Å². The van der Waals surface area contributed by atoms with Crippen LogP contribution in [0.2, 0.25) is 0 Å². The number of nitrogens with one attached hydrogen (secondary N) is 1. The molecule has 0 bridgehead atoms.